The van der Waals surface area contributed by atoms with Gasteiger partial charge in [-0.2, -0.15) is 0 Å². The van der Waals surface area contributed by atoms with Gasteiger partial charge in [-0.05, 0) is 25.0 Å². The van der Waals surface area contributed by atoms with Gasteiger partial charge in [0.1, 0.15) is 17.1 Å². The summed E-state index contributed by atoms with van der Waals surface area (Å²) >= 11 is 0. The van der Waals surface area contributed by atoms with Crippen LogP contribution in [0.25, 0.3) is 0 Å². The molecular weight excluding hydrogens is 357 g/mol. The topological polar surface area (TPSA) is 128 Å². The molecule has 1 amide bonds. The summed E-state index contributed by atoms with van der Waals surface area (Å²) in [6.45, 7) is 2.04. The number of Topliss-reactive ketones (excluding diaryl/α,β-unsaturated/α-hetero) is 1. The van der Waals surface area contributed by atoms with Gasteiger partial charge in [0.15, 0.2) is 0 Å². The Hall–Kier alpha value is -2.88. The maximum Gasteiger partial charge on any atom is 0.547 e. The molecule has 1 aliphatic heterocycles. The number of ketones is 1. The van der Waals surface area contributed by atoms with Crippen LogP contribution in [0.15, 0.2) is 18.2 Å². The van der Waals surface area contributed by atoms with Crippen LogP contribution in [0, 0.1) is 0 Å². The Morgan fingerprint density at radius 3 is 2.63 bits per heavy atom. The number of para-hydroxylation sites is 1. The number of carbonyl (C=O) groups excluding carboxylic acids is 4. The molecule has 0 aromatic heterocycles. The molecule has 0 saturated carbocycles. The summed E-state index contributed by atoms with van der Waals surface area (Å²) in [5, 5.41) is 12.8. The van der Waals surface area contributed by atoms with Crippen molar-refractivity contribution in [3.05, 3.63) is 29.3 Å². The van der Waals surface area contributed by atoms with E-state index in [0.29, 0.717) is 5.56 Å². The van der Waals surface area contributed by atoms with Crippen molar-refractivity contribution in [2.75, 3.05) is 6.79 Å². The Kier molecular flexibility index (Phi) is 6.94. The summed E-state index contributed by atoms with van der Waals surface area (Å²) in [6.07, 6.45) is 0.367. The SMILES string of the molecule is CC(=O)CCC(=O)NC1Cc2cccc(C(=O)OCOC(C)=O)c2OB1O. The maximum atomic E-state index is 12.1. The molecule has 0 spiro atoms. The van der Waals surface area contributed by atoms with E-state index in [0.717, 1.165) is 0 Å². The van der Waals surface area contributed by atoms with Crippen molar-refractivity contribution in [1.82, 2.24) is 5.32 Å². The minimum absolute atomic E-state index is 0.0218. The fourth-order valence-corrected chi connectivity index (χ4v) is 2.52. The fraction of sp³-hybridized carbons (Fsp3) is 0.412. The van der Waals surface area contributed by atoms with Crippen molar-refractivity contribution >= 4 is 30.7 Å². The smallest absolute Gasteiger partial charge is 0.534 e. The lowest BCUT2D eigenvalue weighted by molar-refractivity contribution is -0.149. The average Bonchev–Trinajstić information content (AvgIpc) is 2.59. The Bertz CT molecular complexity index is 750. The molecule has 9 nitrogen and oxygen atoms in total. The van der Waals surface area contributed by atoms with Crippen LogP contribution in [0.4, 0.5) is 0 Å². The molecule has 0 saturated heterocycles. The van der Waals surface area contributed by atoms with Crippen LogP contribution in [0.5, 0.6) is 5.75 Å². The van der Waals surface area contributed by atoms with Crippen LogP contribution in [0.1, 0.15) is 42.6 Å². The molecule has 0 bridgehead atoms. The summed E-state index contributed by atoms with van der Waals surface area (Å²) < 4.78 is 14.8. The van der Waals surface area contributed by atoms with Crippen LogP contribution in [-0.4, -0.2) is 48.5 Å². The monoisotopic (exact) mass is 377 g/mol. The molecule has 1 aromatic carbocycles. The quantitative estimate of drug-likeness (QED) is 0.391. The molecule has 1 aliphatic rings. The fourth-order valence-electron chi connectivity index (χ4n) is 2.52. The van der Waals surface area contributed by atoms with E-state index in [9.17, 15) is 24.2 Å². The first-order valence-corrected chi connectivity index (χ1v) is 8.34. The second kappa shape index (κ2) is 9.18. The molecule has 0 radical (unpaired) electrons. The molecule has 1 atom stereocenters. The lowest BCUT2D eigenvalue weighted by atomic mass is 9.72. The Morgan fingerprint density at radius 1 is 1.22 bits per heavy atom. The number of carbonyl (C=O) groups is 4. The zero-order valence-electron chi connectivity index (χ0n) is 15.0. The second-order valence-corrected chi connectivity index (χ2v) is 6.07. The molecule has 2 N–H and O–H groups in total. The highest BCUT2D eigenvalue weighted by atomic mass is 16.7. The highest BCUT2D eigenvalue weighted by molar-refractivity contribution is 6.47. The van der Waals surface area contributed by atoms with Gasteiger partial charge in [-0.25, -0.2) is 4.79 Å². The van der Waals surface area contributed by atoms with Gasteiger partial charge in [0.2, 0.25) is 12.7 Å². The zero-order valence-corrected chi connectivity index (χ0v) is 15.0. The van der Waals surface area contributed by atoms with E-state index in [1.807, 2.05) is 0 Å². The molecule has 144 valence electrons. The van der Waals surface area contributed by atoms with Gasteiger partial charge in [0, 0.05) is 19.8 Å². The van der Waals surface area contributed by atoms with Crippen molar-refractivity contribution in [3.8, 4) is 5.75 Å². The van der Waals surface area contributed by atoms with E-state index >= 15 is 0 Å². The van der Waals surface area contributed by atoms with Crippen molar-refractivity contribution < 1.29 is 38.3 Å². The normalized spacial score (nSPS) is 15.2. The Morgan fingerprint density at radius 2 is 1.96 bits per heavy atom. The van der Waals surface area contributed by atoms with Crippen LogP contribution >= 0.6 is 0 Å². The van der Waals surface area contributed by atoms with Crippen molar-refractivity contribution in [1.29, 1.82) is 0 Å². The third-order valence-electron chi connectivity index (χ3n) is 3.84. The van der Waals surface area contributed by atoms with Gasteiger partial charge in [0.25, 0.3) is 0 Å². The molecule has 1 aromatic rings. The van der Waals surface area contributed by atoms with Gasteiger partial charge in [0.05, 0.1) is 5.94 Å². The Balaban J connectivity index is 2.05. The number of esters is 2. The van der Waals surface area contributed by atoms with E-state index < -0.39 is 31.8 Å². The molecule has 0 aliphatic carbocycles. The second-order valence-electron chi connectivity index (χ2n) is 6.07. The standard InChI is InChI=1S/C17H20BNO8/c1-10(20)6-7-15(22)19-14-8-12-4-3-5-13(16(12)27-18(14)24)17(23)26-9-25-11(2)21/h3-5,14,24H,6-9H2,1-2H3,(H,19,22). The number of ether oxygens (including phenoxy) is 2. The predicted molar refractivity (Wildman–Crippen MR) is 92.6 cm³/mol. The summed E-state index contributed by atoms with van der Waals surface area (Å²) in [7, 11) is -1.37. The first kappa shape index (κ1) is 20.4. The number of amides is 1. The molecular formula is C17H20BNO8. The van der Waals surface area contributed by atoms with Crippen LogP contribution in [0.2, 0.25) is 0 Å². The van der Waals surface area contributed by atoms with E-state index in [2.05, 4.69) is 10.1 Å². The van der Waals surface area contributed by atoms with E-state index in [-0.39, 0.29) is 42.3 Å². The first-order chi connectivity index (χ1) is 12.8. The molecule has 10 heteroatoms. The van der Waals surface area contributed by atoms with Crippen molar-refractivity contribution in [2.24, 2.45) is 0 Å². The minimum atomic E-state index is -1.37. The lowest BCUT2D eigenvalue weighted by Gasteiger charge is -2.29. The van der Waals surface area contributed by atoms with Crippen molar-refractivity contribution in [2.45, 2.75) is 39.1 Å². The summed E-state index contributed by atoms with van der Waals surface area (Å²) in [4.78, 5) is 45.7. The number of fused-ring (bicyclic) bond motifs is 1. The Labute approximate surface area is 156 Å². The van der Waals surface area contributed by atoms with Gasteiger partial charge >= 0.3 is 19.1 Å². The highest BCUT2D eigenvalue weighted by Gasteiger charge is 2.37. The largest absolute Gasteiger partial charge is 0.547 e. The van der Waals surface area contributed by atoms with E-state index in [1.54, 1.807) is 12.1 Å². The predicted octanol–water partition coefficient (Wildman–Crippen LogP) is 0.173. The number of rotatable bonds is 7. The molecule has 2 rings (SSSR count). The number of nitrogens with one attached hydrogen (secondary N) is 1. The average molecular weight is 377 g/mol. The summed E-state index contributed by atoms with van der Waals surface area (Å²) in [5.41, 5.74) is 0.666. The number of benzene rings is 1. The minimum Gasteiger partial charge on any atom is -0.534 e. The van der Waals surface area contributed by atoms with Crippen LogP contribution in [-0.2, 0) is 30.3 Å². The molecule has 1 unspecified atom stereocenters. The maximum absolute atomic E-state index is 12.1. The molecule has 27 heavy (non-hydrogen) atoms. The molecule has 0 fully saturated rings. The number of hydrogen-bond donors (Lipinski definition) is 2. The third kappa shape index (κ3) is 5.82. The van der Waals surface area contributed by atoms with Gasteiger partial charge in [-0.1, -0.05) is 12.1 Å². The third-order valence-corrected chi connectivity index (χ3v) is 3.84. The van der Waals surface area contributed by atoms with Gasteiger partial charge in [-0.3, -0.25) is 9.59 Å². The first-order valence-electron chi connectivity index (χ1n) is 8.34. The lowest BCUT2D eigenvalue weighted by Crippen LogP contribution is -2.53. The van der Waals surface area contributed by atoms with Gasteiger partial charge in [-0.15, -0.1) is 0 Å². The van der Waals surface area contributed by atoms with Gasteiger partial charge < -0.3 is 29.3 Å². The van der Waals surface area contributed by atoms with Crippen LogP contribution in [0.3, 0.4) is 0 Å². The highest BCUT2D eigenvalue weighted by Crippen LogP contribution is 2.30. The van der Waals surface area contributed by atoms with Crippen LogP contribution < -0.4 is 9.97 Å². The van der Waals surface area contributed by atoms with Crippen molar-refractivity contribution in [3.63, 3.8) is 0 Å². The summed E-state index contributed by atoms with van der Waals surface area (Å²) in [6, 6.07) is 4.75. The van der Waals surface area contributed by atoms with E-state index in [4.69, 9.17) is 9.39 Å². The molecule has 1 heterocycles. The zero-order chi connectivity index (χ0) is 20.0. The van der Waals surface area contributed by atoms with E-state index in [1.165, 1.54) is 19.9 Å². The number of hydrogen-bond acceptors (Lipinski definition) is 8. The summed E-state index contributed by atoms with van der Waals surface area (Å²) in [5.74, 6) is -2.42.